The lowest BCUT2D eigenvalue weighted by Gasteiger charge is -2.18. The molecule has 0 radical (unpaired) electrons. The number of hydrogen-bond acceptors (Lipinski definition) is 4. The Morgan fingerprint density at radius 2 is 2.38 bits per heavy atom. The summed E-state index contributed by atoms with van der Waals surface area (Å²) in [5.41, 5.74) is 6.46. The number of amides is 1. The number of carbonyl (C=O) groups is 1. The van der Waals surface area contributed by atoms with Crippen LogP contribution in [0.4, 0.5) is 11.5 Å². The van der Waals surface area contributed by atoms with Gasteiger partial charge in [-0.15, -0.1) is 0 Å². The molecule has 0 unspecified atom stereocenters. The molecule has 0 saturated carbocycles. The third kappa shape index (κ3) is 3.76. The molecule has 0 fully saturated rings. The van der Waals surface area contributed by atoms with Crippen LogP contribution in [0.15, 0.2) is 18.3 Å². The zero-order valence-corrected chi connectivity index (χ0v) is 9.73. The number of nitrogens with zero attached hydrogens (tertiary/aromatic N) is 2. The highest BCUT2D eigenvalue weighted by molar-refractivity contribution is 5.81. The summed E-state index contributed by atoms with van der Waals surface area (Å²) in [6.07, 6.45) is 2.57. The van der Waals surface area contributed by atoms with E-state index in [4.69, 9.17) is 5.73 Å². The highest BCUT2D eigenvalue weighted by Crippen LogP contribution is 2.13. The van der Waals surface area contributed by atoms with Gasteiger partial charge < -0.3 is 16.0 Å². The van der Waals surface area contributed by atoms with E-state index in [1.54, 1.807) is 12.3 Å². The van der Waals surface area contributed by atoms with Gasteiger partial charge in [-0.25, -0.2) is 4.98 Å². The molecule has 1 aromatic heterocycles. The largest absolute Gasteiger partial charge is 0.384 e. The first kappa shape index (κ1) is 12.3. The quantitative estimate of drug-likeness (QED) is 0.766. The topological polar surface area (TPSA) is 71.2 Å². The van der Waals surface area contributed by atoms with Crippen molar-refractivity contribution in [2.45, 2.75) is 13.3 Å². The predicted octanol–water partition coefficient (Wildman–Crippen LogP) is 0.626. The minimum absolute atomic E-state index is 0.0136. The summed E-state index contributed by atoms with van der Waals surface area (Å²) in [4.78, 5) is 17.2. The fraction of sp³-hybridized carbons (Fsp3) is 0.455. The number of anilines is 2. The summed E-state index contributed by atoms with van der Waals surface area (Å²) >= 11 is 0. The van der Waals surface area contributed by atoms with Gasteiger partial charge in [-0.1, -0.05) is 6.92 Å². The maximum absolute atomic E-state index is 11.5. The number of hydrogen-bond donors (Lipinski definition) is 2. The van der Waals surface area contributed by atoms with Crippen molar-refractivity contribution in [1.29, 1.82) is 0 Å². The second kappa shape index (κ2) is 5.95. The normalized spacial score (nSPS) is 9.88. The summed E-state index contributed by atoms with van der Waals surface area (Å²) in [5, 5.41) is 2.82. The zero-order valence-electron chi connectivity index (χ0n) is 9.73. The monoisotopic (exact) mass is 222 g/mol. The van der Waals surface area contributed by atoms with Gasteiger partial charge in [0.15, 0.2) is 0 Å². The summed E-state index contributed by atoms with van der Waals surface area (Å²) in [7, 11) is 1.85. The molecule has 0 atom stereocenters. The van der Waals surface area contributed by atoms with Gasteiger partial charge in [0.05, 0.1) is 6.54 Å². The zero-order chi connectivity index (χ0) is 12.0. The van der Waals surface area contributed by atoms with E-state index >= 15 is 0 Å². The van der Waals surface area contributed by atoms with Gasteiger partial charge in [-0.05, 0) is 12.5 Å². The van der Waals surface area contributed by atoms with Crippen molar-refractivity contribution in [2.75, 3.05) is 30.8 Å². The second-order valence-corrected chi connectivity index (χ2v) is 3.64. The fourth-order valence-electron chi connectivity index (χ4n) is 1.30. The number of nitrogen functional groups attached to an aromatic ring is 1. The maximum atomic E-state index is 11.5. The Morgan fingerprint density at radius 3 is 3.00 bits per heavy atom. The van der Waals surface area contributed by atoms with E-state index in [2.05, 4.69) is 10.3 Å². The Morgan fingerprint density at radius 1 is 1.62 bits per heavy atom. The van der Waals surface area contributed by atoms with Crippen LogP contribution in [0.25, 0.3) is 0 Å². The van der Waals surface area contributed by atoms with Gasteiger partial charge >= 0.3 is 0 Å². The Balaban J connectivity index is 2.52. The minimum Gasteiger partial charge on any atom is -0.384 e. The highest BCUT2D eigenvalue weighted by atomic mass is 16.2. The number of rotatable bonds is 5. The van der Waals surface area contributed by atoms with Crippen LogP contribution in [-0.4, -0.2) is 31.0 Å². The molecule has 5 nitrogen and oxygen atoms in total. The number of nitrogens with two attached hydrogens (primary N) is 1. The molecular formula is C11H18N4O. The molecule has 16 heavy (non-hydrogen) atoms. The first-order valence-electron chi connectivity index (χ1n) is 5.33. The lowest BCUT2D eigenvalue weighted by atomic mass is 10.3. The molecule has 5 heteroatoms. The van der Waals surface area contributed by atoms with Crippen LogP contribution in [0.1, 0.15) is 13.3 Å². The molecule has 1 rings (SSSR count). The van der Waals surface area contributed by atoms with Crippen molar-refractivity contribution >= 4 is 17.4 Å². The molecule has 1 aromatic rings. The molecule has 3 N–H and O–H groups in total. The minimum atomic E-state index is 0.0136. The van der Waals surface area contributed by atoms with E-state index in [-0.39, 0.29) is 5.91 Å². The third-order valence-electron chi connectivity index (χ3n) is 2.16. The van der Waals surface area contributed by atoms with Crippen molar-refractivity contribution in [2.24, 2.45) is 0 Å². The fourth-order valence-corrected chi connectivity index (χ4v) is 1.30. The van der Waals surface area contributed by atoms with Crippen molar-refractivity contribution in [3.63, 3.8) is 0 Å². The predicted molar refractivity (Wildman–Crippen MR) is 65.2 cm³/mol. The van der Waals surface area contributed by atoms with Gasteiger partial charge in [-0.2, -0.15) is 0 Å². The number of likely N-dealkylation sites (N-methyl/N-ethyl adjacent to an activating group) is 1. The lowest BCUT2D eigenvalue weighted by Crippen LogP contribution is -2.35. The van der Waals surface area contributed by atoms with Gasteiger partial charge in [0.25, 0.3) is 0 Å². The molecule has 1 amide bonds. The lowest BCUT2D eigenvalue weighted by molar-refractivity contribution is -0.119. The molecule has 88 valence electrons. The molecule has 0 aliphatic heterocycles. The van der Waals surface area contributed by atoms with Crippen molar-refractivity contribution in [3.8, 4) is 0 Å². The number of pyridine rings is 1. The maximum Gasteiger partial charge on any atom is 0.239 e. The van der Waals surface area contributed by atoms with Crippen LogP contribution in [0.3, 0.4) is 0 Å². The summed E-state index contributed by atoms with van der Waals surface area (Å²) < 4.78 is 0. The van der Waals surface area contributed by atoms with Crippen molar-refractivity contribution < 1.29 is 4.79 Å². The van der Waals surface area contributed by atoms with Gasteiger partial charge in [0.2, 0.25) is 5.91 Å². The molecule has 0 aliphatic rings. The first-order chi connectivity index (χ1) is 7.63. The first-order valence-corrected chi connectivity index (χ1v) is 5.33. The van der Waals surface area contributed by atoms with Crippen LogP contribution in [0, 0.1) is 0 Å². The van der Waals surface area contributed by atoms with Gasteiger partial charge in [-0.3, -0.25) is 4.79 Å². The molecule has 0 bridgehead atoms. The summed E-state index contributed by atoms with van der Waals surface area (Å²) in [6.45, 7) is 3.06. The van der Waals surface area contributed by atoms with Crippen LogP contribution in [0.2, 0.25) is 0 Å². The van der Waals surface area contributed by atoms with Crippen LogP contribution >= 0.6 is 0 Å². The van der Waals surface area contributed by atoms with E-state index in [9.17, 15) is 4.79 Å². The van der Waals surface area contributed by atoms with Crippen LogP contribution in [0.5, 0.6) is 0 Å². The van der Waals surface area contributed by atoms with E-state index in [1.807, 2.05) is 24.9 Å². The molecule has 0 spiro atoms. The van der Waals surface area contributed by atoms with Gasteiger partial charge in [0, 0.05) is 31.5 Å². The molecule has 0 saturated heterocycles. The van der Waals surface area contributed by atoms with Gasteiger partial charge in [0.1, 0.15) is 5.82 Å². The summed E-state index contributed by atoms with van der Waals surface area (Å²) in [6, 6.07) is 3.57. The third-order valence-corrected chi connectivity index (χ3v) is 2.16. The average molecular weight is 222 g/mol. The Kier molecular flexibility index (Phi) is 4.57. The van der Waals surface area contributed by atoms with E-state index < -0.39 is 0 Å². The molecular weight excluding hydrogens is 204 g/mol. The van der Waals surface area contributed by atoms with Crippen LogP contribution in [-0.2, 0) is 4.79 Å². The average Bonchev–Trinajstić information content (AvgIpc) is 2.26. The standard InChI is InChI=1S/C11H18N4O/c1-3-5-14-11(16)8-15(2)9-4-6-13-10(12)7-9/h4,6-7H,3,5,8H2,1-2H3,(H2,12,13)(H,14,16). The van der Waals surface area contributed by atoms with Crippen LogP contribution < -0.4 is 16.0 Å². The summed E-state index contributed by atoms with van der Waals surface area (Å²) in [5.74, 6) is 0.470. The SMILES string of the molecule is CCCNC(=O)CN(C)c1ccnc(N)c1. The molecule has 0 aromatic carbocycles. The van der Waals surface area contributed by atoms with Crippen molar-refractivity contribution in [3.05, 3.63) is 18.3 Å². The smallest absolute Gasteiger partial charge is 0.239 e. The number of aromatic nitrogens is 1. The van der Waals surface area contributed by atoms with E-state index in [0.29, 0.717) is 18.9 Å². The Hall–Kier alpha value is -1.78. The number of carbonyl (C=O) groups excluding carboxylic acids is 1. The van der Waals surface area contributed by atoms with E-state index in [0.717, 1.165) is 12.1 Å². The van der Waals surface area contributed by atoms with E-state index in [1.165, 1.54) is 0 Å². The second-order valence-electron chi connectivity index (χ2n) is 3.64. The highest BCUT2D eigenvalue weighted by Gasteiger charge is 2.06. The Bertz CT molecular complexity index is 354. The Labute approximate surface area is 95.7 Å². The van der Waals surface area contributed by atoms with Crippen molar-refractivity contribution in [1.82, 2.24) is 10.3 Å². The number of nitrogens with one attached hydrogen (secondary N) is 1. The molecule has 0 aliphatic carbocycles. The molecule has 1 heterocycles.